The van der Waals surface area contributed by atoms with Gasteiger partial charge in [0.15, 0.2) is 0 Å². The van der Waals surface area contributed by atoms with Gasteiger partial charge in [-0.2, -0.15) is 0 Å². The Morgan fingerprint density at radius 2 is 1.48 bits per heavy atom. The standard InChI is InChI=1S/C25H32O2/c1-5-16-26-22-12-8-20(9-13-22)17-21-10-14-23(15-11-21)27-24-19(4)18-25(24,6-2)7-3/h5,8-16,19,24H,6-7,17-18H2,1-4H3/b16-5+. The van der Waals surface area contributed by atoms with E-state index in [2.05, 4.69) is 57.2 Å². The molecule has 0 saturated heterocycles. The highest BCUT2D eigenvalue weighted by Gasteiger charge is 2.51. The molecule has 2 aromatic carbocycles. The molecule has 1 aliphatic carbocycles. The van der Waals surface area contributed by atoms with Gasteiger partial charge in [-0.25, -0.2) is 0 Å². The fourth-order valence-corrected chi connectivity index (χ4v) is 4.39. The van der Waals surface area contributed by atoms with Crippen LogP contribution in [0, 0.1) is 11.3 Å². The number of hydrogen-bond acceptors (Lipinski definition) is 2. The van der Waals surface area contributed by atoms with E-state index in [1.807, 2.05) is 25.1 Å². The average molecular weight is 365 g/mol. The Morgan fingerprint density at radius 3 is 1.96 bits per heavy atom. The molecule has 2 aromatic rings. The van der Waals surface area contributed by atoms with Crippen molar-refractivity contribution < 1.29 is 9.47 Å². The molecule has 3 rings (SSSR count). The lowest BCUT2D eigenvalue weighted by Crippen LogP contribution is -2.54. The van der Waals surface area contributed by atoms with Crippen LogP contribution in [-0.2, 0) is 6.42 Å². The van der Waals surface area contributed by atoms with Gasteiger partial charge in [0.2, 0.25) is 0 Å². The summed E-state index contributed by atoms with van der Waals surface area (Å²) in [7, 11) is 0. The summed E-state index contributed by atoms with van der Waals surface area (Å²) in [6, 6.07) is 16.9. The minimum Gasteiger partial charge on any atom is -0.490 e. The summed E-state index contributed by atoms with van der Waals surface area (Å²) < 4.78 is 11.9. The normalized spacial score (nSPS) is 21.0. The highest BCUT2D eigenvalue weighted by molar-refractivity contribution is 5.34. The predicted molar refractivity (Wildman–Crippen MR) is 112 cm³/mol. The lowest BCUT2D eigenvalue weighted by Gasteiger charge is -2.53. The first-order chi connectivity index (χ1) is 13.1. The number of rotatable bonds is 8. The van der Waals surface area contributed by atoms with Gasteiger partial charge in [0.25, 0.3) is 0 Å². The highest BCUT2D eigenvalue weighted by Crippen LogP contribution is 2.52. The third-order valence-electron chi connectivity index (χ3n) is 6.12. The Bertz CT molecular complexity index is 739. The Kier molecular flexibility index (Phi) is 6.26. The van der Waals surface area contributed by atoms with E-state index in [-0.39, 0.29) is 0 Å². The summed E-state index contributed by atoms with van der Waals surface area (Å²) in [5.74, 6) is 2.51. The van der Waals surface area contributed by atoms with Crippen LogP contribution in [-0.4, -0.2) is 6.10 Å². The van der Waals surface area contributed by atoms with E-state index in [1.165, 1.54) is 30.4 Å². The Balaban J connectivity index is 1.60. The second-order valence-corrected chi connectivity index (χ2v) is 7.84. The second kappa shape index (κ2) is 8.65. The molecule has 0 amide bonds. The van der Waals surface area contributed by atoms with Gasteiger partial charge in [-0.15, -0.1) is 0 Å². The Hall–Kier alpha value is -2.22. The van der Waals surface area contributed by atoms with Crippen LogP contribution in [0.2, 0.25) is 0 Å². The molecule has 0 N–H and O–H groups in total. The number of hydrogen-bond donors (Lipinski definition) is 0. The fourth-order valence-electron chi connectivity index (χ4n) is 4.39. The van der Waals surface area contributed by atoms with Crippen LogP contribution in [0.3, 0.4) is 0 Å². The quantitative estimate of drug-likeness (QED) is 0.480. The van der Waals surface area contributed by atoms with Crippen molar-refractivity contribution in [3.8, 4) is 11.5 Å². The molecule has 1 saturated carbocycles. The molecule has 0 aromatic heterocycles. The Morgan fingerprint density at radius 1 is 0.926 bits per heavy atom. The molecule has 0 spiro atoms. The van der Waals surface area contributed by atoms with E-state index in [4.69, 9.17) is 9.47 Å². The predicted octanol–water partition coefficient (Wildman–Crippen LogP) is 6.78. The van der Waals surface area contributed by atoms with Crippen LogP contribution in [0.4, 0.5) is 0 Å². The van der Waals surface area contributed by atoms with Gasteiger partial charge in [0, 0.05) is 5.41 Å². The maximum atomic E-state index is 6.40. The third kappa shape index (κ3) is 4.37. The maximum absolute atomic E-state index is 6.40. The lowest BCUT2D eigenvalue weighted by atomic mass is 9.57. The van der Waals surface area contributed by atoms with Crippen molar-refractivity contribution in [3.63, 3.8) is 0 Å². The van der Waals surface area contributed by atoms with Crippen LogP contribution in [0.25, 0.3) is 0 Å². The van der Waals surface area contributed by atoms with E-state index < -0.39 is 0 Å². The number of allylic oxidation sites excluding steroid dienone is 1. The van der Waals surface area contributed by atoms with Crippen molar-refractivity contribution in [2.75, 3.05) is 0 Å². The monoisotopic (exact) mass is 364 g/mol. The summed E-state index contributed by atoms with van der Waals surface area (Å²) in [6.07, 6.45) is 8.53. The first-order valence-corrected chi connectivity index (χ1v) is 10.2. The minimum atomic E-state index is 0.350. The molecule has 27 heavy (non-hydrogen) atoms. The summed E-state index contributed by atoms with van der Waals surface area (Å²) >= 11 is 0. The molecule has 0 aliphatic heterocycles. The summed E-state index contributed by atoms with van der Waals surface area (Å²) in [5, 5.41) is 0. The van der Waals surface area contributed by atoms with Gasteiger partial charge in [0.05, 0.1) is 6.26 Å². The van der Waals surface area contributed by atoms with E-state index in [9.17, 15) is 0 Å². The van der Waals surface area contributed by atoms with Crippen LogP contribution in [0.5, 0.6) is 11.5 Å². The van der Waals surface area contributed by atoms with Gasteiger partial charge >= 0.3 is 0 Å². The van der Waals surface area contributed by atoms with Crippen molar-refractivity contribution in [1.82, 2.24) is 0 Å². The molecule has 1 fully saturated rings. The number of ether oxygens (including phenoxy) is 2. The molecular weight excluding hydrogens is 332 g/mol. The summed E-state index contributed by atoms with van der Waals surface area (Å²) in [6.45, 7) is 8.84. The molecule has 1 aliphatic rings. The van der Waals surface area contributed by atoms with E-state index in [0.717, 1.165) is 17.9 Å². The van der Waals surface area contributed by atoms with E-state index >= 15 is 0 Å². The van der Waals surface area contributed by atoms with Gasteiger partial charge in [-0.3, -0.25) is 0 Å². The van der Waals surface area contributed by atoms with Gasteiger partial charge in [0.1, 0.15) is 17.6 Å². The molecule has 2 unspecified atom stereocenters. The zero-order chi connectivity index (χ0) is 19.3. The van der Waals surface area contributed by atoms with E-state index in [0.29, 0.717) is 17.4 Å². The first-order valence-electron chi connectivity index (χ1n) is 10.2. The average Bonchev–Trinajstić information content (AvgIpc) is 2.70. The highest BCUT2D eigenvalue weighted by atomic mass is 16.5. The molecule has 2 nitrogen and oxygen atoms in total. The maximum Gasteiger partial charge on any atom is 0.126 e. The third-order valence-corrected chi connectivity index (χ3v) is 6.12. The fraction of sp³-hybridized carbons (Fsp3) is 0.440. The molecule has 0 heterocycles. The van der Waals surface area contributed by atoms with Gasteiger partial charge < -0.3 is 9.47 Å². The van der Waals surface area contributed by atoms with Crippen LogP contribution in [0.1, 0.15) is 58.1 Å². The van der Waals surface area contributed by atoms with Crippen LogP contribution >= 0.6 is 0 Å². The van der Waals surface area contributed by atoms with Crippen molar-refractivity contribution in [2.24, 2.45) is 11.3 Å². The smallest absolute Gasteiger partial charge is 0.126 e. The minimum absolute atomic E-state index is 0.350. The molecule has 0 radical (unpaired) electrons. The van der Waals surface area contributed by atoms with Crippen LogP contribution in [0.15, 0.2) is 60.9 Å². The second-order valence-electron chi connectivity index (χ2n) is 7.84. The molecular formula is C25H32O2. The summed E-state index contributed by atoms with van der Waals surface area (Å²) in [5.41, 5.74) is 2.94. The van der Waals surface area contributed by atoms with Gasteiger partial charge in [-0.1, -0.05) is 51.1 Å². The van der Waals surface area contributed by atoms with Gasteiger partial charge in [-0.05, 0) is 73.9 Å². The zero-order valence-corrected chi connectivity index (χ0v) is 17.1. The topological polar surface area (TPSA) is 18.5 Å². The lowest BCUT2D eigenvalue weighted by molar-refractivity contribution is -0.101. The number of benzene rings is 2. The van der Waals surface area contributed by atoms with Crippen LogP contribution < -0.4 is 9.47 Å². The van der Waals surface area contributed by atoms with Crippen molar-refractivity contribution in [3.05, 3.63) is 72.0 Å². The first kappa shape index (κ1) is 19.5. The Labute approximate surface area is 164 Å². The van der Waals surface area contributed by atoms with E-state index in [1.54, 1.807) is 6.26 Å². The SMILES string of the molecule is C/C=C/Oc1ccc(Cc2ccc(OC3C(C)CC3(CC)CC)cc2)cc1. The largest absolute Gasteiger partial charge is 0.490 e. The summed E-state index contributed by atoms with van der Waals surface area (Å²) in [4.78, 5) is 0. The molecule has 2 heteroatoms. The molecule has 144 valence electrons. The van der Waals surface area contributed by atoms with Crippen molar-refractivity contribution in [1.29, 1.82) is 0 Å². The van der Waals surface area contributed by atoms with Crippen molar-refractivity contribution in [2.45, 2.75) is 59.5 Å². The zero-order valence-electron chi connectivity index (χ0n) is 17.1. The molecule has 0 bridgehead atoms. The van der Waals surface area contributed by atoms with Crippen molar-refractivity contribution >= 4 is 0 Å². The molecule has 2 atom stereocenters.